The molecule has 2 unspecified atom stereocenters. The highest BCUT2D eigenvalue weighted by Crippen LogP contribution is 2.34. The van der Waals surface area contributed by atoms with Crippen LogP contribution in [0.15, 0.2) is 102 Å². The minimum atomic E-state index is -4.59. The Morgan fingerprint density at radius 3 is 2.07 bits per heavy atom. The fourth-order valence-electron chi connectivity index (χ4n) is 7.04. The first-order valence-electron chi connectivity index (χ1n) is 21.9. The fraction of sp³-hybridized carbons (Fsp3) is 0.353. The molecule has 1 aliphatic heterocycles. The molecule has 0 saturated carbocycles. The summed E-state index contributed by atoms with van der Waals surface area (Å²) in [4.78, 5) is 41.8. The van der Waals surface area contributed by atoms with Crippen LogP contribution in [0.2, 0.25) is 0 Å². The number of aryl methyl sites for hydroxylation is 2. The van der Waals surface area contributed by atoms with Crippen molar-refractivity contribution in [2.24, 2.45) is 4.36 Å². The lowest BCUT2D eigenvalue weighted by Crippen LogP contribution is -2.56. The highest BCUT2D eigenvalue weighted by atomic mass is 32.2. The van der Waals surface area contributed by atoms with E-state index in [1.807, 2.05) is 79.7 Å². The summed E-state index contributed by atoms with van der Waals surface area (Å²) in [5, 5.41) is 11.6. The van der Waals surface area contributed by atoms with Crippen molar-refractivity contribution in [1.29, 1.82) is 5.26 Å². The van der Waals surface area contributed by atoms with E-state index in [1.165, 1.54) is 42.6 Å². The highest BCUT2D eigenvalue weighted by Gasteiger charge is 2.35. The average Bonchev–Trinajstić information content (AvgIpc) is 3.27. The predicted octanol–water partition coefficient (Wildman–Crippen LogP) is 12.0. The Balaban J connectivity index is 0.000000235. The molecule has 6 rings (SSSR count). The number of nitrogens with zero attached hydrogens (tertiary/aromatic N) is 4. The molecule has 2 atom stereocenters. The molecule has 5 aromatic rings. The van der Waals surface area contributed by atoms with Crippen LogP contribution >= 0.6 is 0 Å². The number of anilines is 1. The van der Waals surface area contributed by atoms with Gasteiger partial charge in [-0.15, -0.1) is 4.36 Å². The molecule has 0 spiro atoms. The van der Waals surface area contributed by atoms with Crippen LogP contribution in [0.1, 0.15) is 123 Å². The molecule has 12 nitrogen and oxygen atoms in total. The standard InChI is InChI=1S/C24H30N2O3.C17H16F3NO2.C10H10F3N3OS/c1-15-12-16(2)14-18(13-15)23(28)26(24(4,5)6)25-22(27)20-9-10-21-19(17(20)3)8-7-11-29-21;1-11(2)23-13-7-5-6-12(10-13)21-16(22)14-8-3-4-9-15(14)17(18,19)20;1-7(18(2,17)16-6-14)8-3-4-9(15-5-8)10(11,12)13/h9-10,12-14H,7-8,11H2,1-6H3,(H,25,27);3-11H,1-2H3,(H,21,22);3-5,7H,1-2H3. The first-order chi connectivity index (χ1) is 32.5. The Morgan fingerprint density at radius 1 is 0.843 bits per heavy atom. The summed E-state index contributed by atoms with van der Waals surface area (Å²) in [5.41, 5.74) is 5.72. The van der Waals surface area contributed by atoms with E-state index in [9.17, 15) is 44.9 Å². The molecule has 1 aliphatic rings. The smallest absolute Gasteiger partial charge is 0.433 e. The van der Waals surface area contributed by atoms with Gasteiger partial charge in [0.05, 0.1) is 44.4 Å². The van der Waals surface area contributed by atoms with Crippen LogP contribution in [0, 0.1) is 32.2 Å². The Bertz CT molecular complexity index is 2830. The van der Waals surface area contributed by atoms with Crippen molar-refractivity contribution in [3.05, 3.63) is 153 Å². The van der Waals surface area contributed by atoms with Crippen LogP contribution in [0.25, 0.3) is 0 Å². The Morgan fingerprint density at radius 2 is 1.50 bits per heavy atom. The molecular weight excluding hydrogens is 939 g/mol. The molecule has 70 heavy (non-hydrogen) atoms. The number of amides is 3. The van der Waals surface area contributed by atoms with Crippen molar-refractivity contribution in [2.75, 3.05) is 18.2 Å². The van der Waals surface area contributed by atoms with Gasteiger partial charge in [0.2, 0.25) is 6.19 Å². The lowest BCUT2D eigenvalue weighted by molar-refractivity contribution is -0.141. The zero-order valence-corrected chi connectivity index (χ0v) is 41.2. The number of carbonyl (C=O) groups excluding carboxylic acids is 3. The topological polar surface area (TPSA) is 163 Å². The number of fused-ring (bicyclic) bond motifs is 1. The van der Waals surface area contributed by atoms with Gasteiger partial charge in [-0.25, -0.2) is 9.22 Å². The van der Waals surface area contributed by atoms with E-state index in [4.69, 9.17) is 14.7 Å². The number of aromatic nitrogens is 1. The average molecular weight is 995 g/mol. The molecule has 0 fully saturated rings. The third-order valence-corrected chi connectivity index (χ3v) is 12.6. The molecule has 19 heteroatoms. The van der Waals surface area contributed by atoms with E-state index in [2.05, 4.69) is 20.1 Å². The van der Waals surface area contributed by atoms with Gasteiger partial charge in [-0.05, 0) is 146 Å². The maximum Gasteiger partial charge on any atom is 0.433 e. The molecule has 374 valence electrons. The predicted molar refractivity (Wildman–Crippen MR) is 256 cm³/mol. The summed E-state index contributed by atoms with van der Waals surface area (Å²) in [6, 6.07) is 22.5. The summed E-state index contributed by atoms with van der Waals surface area (Å²) in [6.45, 7) is 17.5. The van der Waals surface area contributed by atoms with E-state index in [1.54, 1.807) is 30.3 Å². The molecule has 2 N–H and O–H groups in total. The van der Waals surface area contributed by atoms with E-state index in [0.29, 0.717) is 34.7 Å². The van der Waals surface area contributed by atoms with E-state index < -0.39 is 55.6 Å². The number of hydrazine groups is 1. The number of benzene rings is 4. The normalized spacial score (nSPS) is 13.5. The summed E-state index contributed by atoms with van der Waals surface area (Å²) in [5.74, 6) is 0.0472. The van der Waals surface area contributed by atoms with Gasteiger partial charge in [-0.2, -0.15) is 31.6 Å². The number of nitrogens with one attached hydrogen (secondary N) is 2. The van der Waals surface area contributed by atoms with Crippen LogP contribution in [0.3, 0.4) is 0 Å². The van der Waals surface area contributed by atoms with Gasteiger partial charge in [0.25, 0.3) is 17.7 Å². The van der Waals surface area contributed by atoms with E-state index in [-0.39, 0.29) is 17.9 Å². The van der Waals surface area contributed by atoms with Gasteiger partial charge >= 0.3 is 12.4 Å². The van der Waals surface area contributed by atoms with E-state index >= 15 is 0 Å². The molecule has 1 aromatic heterocycles. The quantitative estimate of drug-likeness (QED) is 0.0881. The first kappa shape index (κ1) is 55.7. The monoisotopic (exact) mass is 994 g/mol. The SMILES string of the molecule is CC(C)Oc1cccc(NC(=O)c2ccccc2C(F)(F)F)c1.CC(c1ccc(C(F)(F)F)nc1)S(C)(=O)=NC#N.Cc1cc(C)cc(C(=O)N(NC(=O)c2ccc3c(c2C)CCCO3)C(C)(C)C)c1. The number of nitriles is 1. The number of pyridine rings is 1. The lowest BCUT2D eigenvalue weighted by Gasteiger charge is -2.36. The van der Waals surface area contributed by atoms with Gasteiger partial charge in [0.1, 0.15) is 17.2 Å². The molecule has 0 bridgehead atoms. The van der Waals surface area contributed by atoms with Crippen LogP contribution < -0.4 is 20.2 Å². The number of carbonyl (C=O) groups is 3. The molecule has 2 heterocycles. The number of halogens is 6. The number of alkyl halides is 6. The summed E-state index contributed by atoms with van der Waals surface area (Å²) < 4.78 is 102. The van der Waals surface area contributed by atoms with Gasteiger partial charge in [0, 0.05) is 35.3 Å². The minimum Gasteiger partial charge on any atom is -0.493 e. The van der Waals surface area contributed by atoms with Crippen molar-refractivity contribution in [1.82, 2.24) is 15.4 Å². The number of hydrogen-bond donors (Lipinski definition) is 2. The maximum absolute atomic E-state index is 13.3. The van der Waals surface area contributed by atoms with Gasteiger partial charge in [-0.3, -0.25) is 24.8 Å². The Kier molecular flexibility index (Phi) is 18.4. The molecule has 0 saturated heterocycles. The van der Waals surface area contributed by atoms with Crippen molar-refractivity contribution in [3.8, 4) is 17.7 Å². The number of rotatable bonds is 8. The van der Waals surface area contributed by atoms with Crippen LogP contribution in [0.4, 0.5) is 32.0 Å². The second-order valence-corrected chi connectivity index (χ2v) is 20.3. The Labute approximate surface area is 404 Å². The molecule has 0 aliphatic carbocycles. The number of hydrogen-bond acceptors (Lipinski definition) is 9. The molecule has 3 amide bonds. The fourth-order valence-corrected chi connectivity index (χ4v) is 8.00. The zero-order valence-electron chi connectivity index (χ0n) is 40.4. The van der Waals surface area contributed by atoms with Crippen LogP contribution in [-0.4, -0.2) is 56.4 Å². The second kappa shape index (κ2) is 23.1. The van der Waals surface area contributed by atoms with Gasteiger partial charge < -0.3 is 14.8 Å². The second-order valence-electron chi connectivity index (χ2n) is 17.7. The van der Waals surface area contributed by atoms with E-state index in [0.717, 1.165) is 65.2 Å². The van der Waals surface area contributed by atoms with Gasteiger partial charge in [-0.1, -0.05) is 41.5 Å². The highest BCUT2D eigenvalue weighted by molar-refractivity contribution is 7.93. The third-order valence-electron chi connectivity index (χ3n) is 10.5. The third kappa shape index (κ3) is 15.3. The van der Waals surface area contributed by atoms with Crippen LogP contribution in [-0.2, 0) is 28.5 Å². The largest absolute Gasteiger partial charge is 0.493 e. The number of ether oxygens (including phenoxy) is 2. The first-order valence-corrected chi connectivity index (χ1v) is 23.9. The lowest BCUT2D eigenvalue weighted by atomic mass is 9.96. The van der Waals surface area contributed by atoms with Crippen molar-refractivity contribution in [3.63, 3.8) is 0 Å². The summed E-state index contributed by atoms with van der Waals surface area (Å²) in [6.07, 6.45) is -3.58. The summed E-state index contributed by atoms with van der Waals surface area (Å²) >= 11 is 0. The Hall–Kier alpha value is -6.94. The molecule has 0 radical (unpaired) electrons. The molecular formula is C51H56F6N6O6S. The van der Waals surface area contributed by atoms with Crippen molar-refractivity contribution < 1.29 is 54.4 Å². The minimum absolute atomic E-state index is 0.0492. The van der Waals surface area contributed by atoms with Crippen LogP contribution in [0.5, 0.6) is 11.5 Å². The zero-order chi connectivity index (χ0) is 52.4. The maximum atomic E-state index is 13.3. The summed E-state index contributed by atoms with van der Waals surface area (Å²) in [7, 11) is -2.82. The molecule has 4 aromatic carbocycles. The van der Waals surface area contributed by atoms with Crippen molar-refractivity contribution >= 4 is 33.1 Å². The van der Waals surface area contributed by atoms with Gasteiger partial charge in [0.15, 0.2) is 0 Å². The van der Waals surface area contributed by atoms with Crippen molar-refractivity contribution in [2.45, 2.75) is 104 Å².